The molecule has 9 heteroatoms. The maximum atomic E-state index is 12.6. The van der Waals surface area contributed by atoms with Crippen LogP contribution in [-0.2, 0) is 6.42 Å². The van der Waals surface area contributed by atoms with Gasteiger partial charge >= 0.3 is 0 Å². The Morgan fingerprint density at radius 3 is 2.74 bits per heavy atom. The van der Waals surface area contributed by atoms with Crippen molar-refractivity contribution in [2.75, 3.05) is 5.32 Å². The van der Waals surface area contributed by atoms with E-state index < -0.39 is 0 Å². The molecule has 4 aromatic rings. The predicted molar refractivity (Wildman–Crippen MR) is 117 cm³/mol. The van der Waals surface area contributed by atoms with Gasteiger partial charge in [0.25, 0.3) is 5.91 Å². The summed E-state index contributed by atoms with van der Waals surface area (Å²) in [6.07, 6.45) is 5.38. The van der Waals surface area contributed by atoms with E-state index in [2.05, 4.69) is 27.4 Å². The van der Waals surface area contributed by atoms with Crippen LogP contribution in [0.3, 0.4) is 0 Å². The number of nitrogens with zero attached hydrogens (tertiary/aromatic N) is 5. The minimum atomic E-state index is -0.367. The van der Waals surface area contributed by atoms with Gasteiger partial charge in [-0.25, -0.2) is 9.97 Å². The first-order valence-electron chi connectivity index (χ1n) is 9.56. The summed E-state index contributed by atoms with van der Waals surface area (Å²) in [5.41, 5.74) is 3.69. The molecule has 0 saturated heterocycles. The Kier molecular flexibility index (Phi) is 5.56. The van der Waals surface area contributed by atoms with E-state index in [-0.39, 0.29) is 5.91 Å². The average molecular weight is 430 g/mol. The van der Waals surface area contributed by atoms with Gasteiger partial charge < -0.3 is 9.84 Å². The quantitative estimate of drug-likeness (QED) is 0.493. The van der Waals surface area contributed by atoms with Crippen molar-refractivity contribution in [1.29, 1.82) is 5.26 Å². The van der Waals surface area contributed by atoms with Crippen molar-refractivity contribution in [1.82, 2.24) is 20.1 Å². The second-order valence-electron chi connectivity index (χ2n) is 6.82. The van der Waals surface area contributed by atoms with Crippen molar-refractivity contribution in [2.45, 2.75) is 27.2 Å². The lowest BCUT2D eigenvalue weighted by Gasteiger charge is -2.08. The number of carbonyl (C=O) groups is 1. The average Bonchev–Trinajstić information content (AvgIpc) is 3.40. The molecule has 0 aliphatic heterocycles. The Hall–Kier alpha value is -3.90. The van der Waals surface area contributed by atoms with Crippen LogP contribution < -0.4 is 5.32 Å². The number of hydrogen-bond donors (Lipinski definition) is 1. The Balaban J connectivity index is 1.57. The number of hydrogen-bond acceptors (Lipinski definition) is 8. The summed E-state index contributed by atoms with van der Waals surface area (Å²) in [7, 11) is 0. The SMILES string of the molecule is CCc1sc(-c2cc(C)on2)nc1-c1ccc(NC(=O)c2cncc(C#N)c2C)nc1. The molecule has 0 saturated carbocycles. The van der Waals surface area contributed by atoms with Crippen LogP contribution in [0, 0.1) is 25.2 Å². The van der Waals surface area contributed by atoms with Gasteiger partial charge in [-0.3, -0.25) is 9.78 Å². The van der Waals surface area contributed by atoms with Gasteiger partial charge in [-0.1, -0.05) is 12.1 Å². The van der Waals surface area contributed by atoms with Gasteiger partial charge in [0.05, 0.1) is 16.8 Å². The number of amides is 1. The third kappa shape index (κ3) is 4.06. The van der Waals surface area contributed by atoms with Gasteiger partial charge in [-0.05, 0) is 38.0 Å². The molecule has 0 bridgehead atoms. The number of carbonyl (C=O) groups excluding carboxylic acids is 1. The highest BCUT2D eigenvalue weighted by atomic mass is 32.1. The van der Waals surface area contributed by atoms with E-state index in [0.717, 1.165) is 33.3 Å². The Morgan fingerprint density at radius 2 is 2.10 bits per heavy atom. The Bertz CT molecular complexity index is 1300. The van der Waals surface area contributed by atoms with Crippen LogP contribution in [0.15, 0.2) is 41.3 Å². The molecule has 1 amide bonds. The van der Waals surface area contributed by atoms with E-state index in [1.54, 1.807) is 30.5 Å². The van der Waals surface area contributed by atoms with Crippen molar-refractivity contribution >= 4 is 23.1 Å². The highest BCUT2D eigenvalue weighted by Crippen LogP contribution is 2.34. The van der Waals surface area contributed by atoms with E-state index in [1.165, 1.54) is 12.4 Å². The Labute approximate surface area is 182 Å². The molecule has 0 atom stereocenters. The molecular weight excluding hydrogens is 412 g/mol. The number of nitrogens with one attached hydrogen (secondary N) is 1. The summed E-state index contributed by atoms with van der Waals surface area (Å²) in [6.45, 7) is 5.63. The standard InChI is InChI=1S/C22H18N6O2S/c1-4-18-20(27-22(31-18)17-7-12(2)30-28-17)14-5-6-19(25-10-14)26-21(29)16-11-24-9-15(8-23)13(16)3/h5-7,9-11H,4H2,1-3H3,(H,25,26,29). The fourth-order valence-corrected chi connectivity index (χ4v) is 4.03. The third-order valence-corrected chi connectivity index (χ3v) is 5.95. The second kappa shape index (κ2) is 8.45. The van der Waals surface area contributed by atoms with Crippen LogP contribution in [-0.4, -0.2) is 26.0 Å². The second-order valence-corrected chi connectivity index (χ2v) is 7.91. The number of thiazole rings is 1. The molecule has 8 nitrogen and oxygen atoms in total. The smallest absolute Gasteiger partial charge is 0.258 e. The lowest BCUT2D eigenvalue weighted by molar-refractivity contribution is 0.102. The topological polar surface area (TPSA) is 118 Å². The first kappa shape index (κ1) is 20.4. The number of aromatic nitrogens is 4. The zero-order chi connectivity index (χ0) is 22.0. The first-order valence-corrected chi connectivity index (χ1v) is 10.4. The number of anilines is 1. The minimum Gasteiger partial charge on any atom is -0.361 e. The van der Waals surface area contributed by atoms with Crippen molar-refractivity contribution in [2.24, 2.45) is 0 Å². The number of rotatable bonds is 5. The van der Waals surface area contributed by atoms with Crippen LogP contribution in [0.5, 0.6) is 0 Å². The molecular formula is C22H18N6O2S. The number of pyridine rings is 2. The zero-order valence-electron chi connectivity index (χ0n) is 17.1. The molecule has 0 radical (unpaired) electrons. The molecule has 0 unspecified atom stereocenters. The van der Waals surface area contributed by atoms with Crippen molar-refractivity contribution in [3.63, 3.8) is 0 Å². The summed E-state index contributed by atoms with van der Waals surface area (Å²) in [6, 6.07) is 7.48. The Morgan fingerprint density at radius 1 is 1.26 bits per heavy atom. The molecule has 0 aliphatic carbocycles. The summed E-state index contributed by atoms with van der Waals surface area (Å²) in [5.74, 6) is 0.766. The van der Waals surface area contributed by atoms with E-state index in [4.69, 9.17) is 14.8 Å². The normalized spacial score (nSPS) is 10.6. The molecule has 4 aromatic heterocycles. The van der Waals surface area contributed by atoms with E-state index in [1.807, 2.05) is 25.1 Å². The fraction of sp³-hybridized carbons (Fsp3) is 0.182. The molecule has 31 heavy (non-hydrogen) atoms. The lowest BCUT2D eigenvalue weighted by atomic mass is 10.1. The van der Waals surface area contributed by atoms with Crippen molar-refractivity contribution in [3.8, 4) is 28.0 Å². The molecule has 4 heterocycles. The minimum absolute atomic E-state index is 0.338. The van der Waals surface area contributed by atoms with E-state index >= 15 is 0 Å². The maximum absolute atomic E-state index is 12.6. The summed E-state index contributed by atoms with van der Waals surface area (Å²) < 4.78 is 5.16. The van der Waals surface area contributed by atoms with Gasteiger partial charge in [0.2, 0.25) is 0 Å². The van der Waals surface area contributed by atoms with Crippen LogP contribution in [0.25, 0.3) is 22.0 Å². The molecule has 0 aromatic carbocycles. The molecule has 0 aliphatic rings. The summed E-state index contributed by atoms with van der Waals surface area (Å²) in [5, 5.41) is 16.7. The van der Waals surface area contributed by atoms with E-state index in [9.17, 15) is 4.79 Å². The first-order chi connectivity index (χ1) is 15.0. The van der Waals surface area contributed by atoms with Gasteiger partial charge in [0.1, 0.15) is 28.3 Å². The summed E-state index contributed by atoms with van der Waals surface area (Å²) in [4.78, 5) is 26.8. The maximum Gasteiger partial charge on any atom is 0.258 e. The largest absolute Gasteiger partial charge is 0.361 e. The highest BCUT2D eigenvalue weighted by molar-refractivity contribution is 7.15. The van der Waals surface area contributed by atoms with Crippen LogP contribution in [0.4, 0.5) is 5.82 Å². The third-order valence-electron chi connectivity index (χ3n) is 4.72. The van der Waals surface area contributed by atoms with Gasteiger partial charge in [-0.2, -0.15) is 5.26 Å². The molecule has 0 spiro atoms. The predicted octanol–water partition coefficient (Wildman–Crippen LogP) is 4.56. The summed E-state index contributed by atoms with van der Waals surface area (Å²) >= 11 is 1.57. The monoisotopic (exact) mass is 430 g/mol. The van der Waals surface area contributed by atoms with Crippen molar-refractivity contribution < 1.29 is 9.32 Å². The molecule has 0 fully saturated rings. The van der Waals surface area contributed by atoms with Gasteiger partial charge in [0.15, 0.2) is 0 Å². The molecule has 1 N–H and O–H groups in total. The van der Waals surface area contributed by atoms with Gasteiger partial charge in [-0.15, -0.1) is 11.3 Å². The van der Waals surface area contributed by atoms with E-state index in [0.29, 0.717) is 28.2 Å². The van der Waals surface area contributed by atoms with Crippen LogP contribution in [0.2, 0.25) is 0 Å². The lowest BCUT2D eigenvalue weighted by Crippen LogP contribution is -2.15. The van der Waals surface area contributed by atoms with Gasteiger partial charge in [0, 0.05) is 35.1 Å². The molecule has 4 rings (SSSR count). The number of aryl methyl sites for hydroxylation is 2. The fourth-order valence-electron chi connectivity index (χ4n) is 3.05. The number of nitriles is 1. The zero-order valence-corrected chi connectivity index (χ0v) is 17.9. The molecule has 154 valence electrons. The van der Waals surface area contributed by atoms with Crippen molar-refractivity contribution in [3.05, 3.63) is 64.1 Å². The highest BCUT2D eigenvalue weighted by Gasteiger charge is 2.17. The van der Waals surface area contributed by atoms with Crippen LogP contribution in [0.1, 0.15) is 39.0 Å². The van der Waals surface area contributed by atoms with Crippen LogP contribution >= 0.6 is 11.3 Å².